The largest absolute Gasteiger partial charge is 0.369 e. The first-order valence-corrected chi connectivity index (χ1v) is 7.18. The van der Waals surface area contributed by atoms with E-state index in [-0.39, 0.29) is 11.5 Å². The fraction of sp³-hybridized carbons (Fsp3) is 0.308. The molecule has 0 saturated heterocycles. The van der Waals surface area contributed by atoms with Crippen LogP contribution in [0.4, 0.5) is 5.95 Å². The van der Waals surface area contributed by atoms with Gasteiger partial charge < -0.3 is 5.73 Å². The molecular formula is C13H13Cl2N5O. The summed E-state index contributed by atoms with van der Waals surface area (Å²) in [6.07, 6.45) is 2.19. The van der Waals surface area contributed by atoms with E-state index in [1.165, 1.54) is 6.20 Å². The highest BCUT2D eigenvalue weighted by Gasteiger charge is 2.21. The molecular weight excluding hydrogens is 313 g/mol. The number of aromatic nitrogens is 3. The predicted molar refractivity (Wildman–Crippen MR) is 81.3 cm³/mol. The maximum Gasteiger partial charge on any atom is 0.257 e. The van der Waals surface area contributed by atoms with Crippen molar-refractivity contribution in [3.63, 3.8) is 0 Å². The molecule has 1 aliphatic heterocycles. The lowest BCUT2D eigenvalue weighted by Gasteiger charge is -2.27. The second-order valence-corrected chi connectivity index (χ2v) is 5.73. The van der Waals surface area contributed by atoms with Crippen LogP contribution < -0.4 is 11.3 Å². The molecule has 0 bridgehead atoms. The van der Waals surface area contributed by atoms with Crippen molar-refractivity contribution in [3.8, 4) is 0 Å². The minimum atomic E-state index is -0.183. The number of hydrogen-bond acceptors (Lipinski definition) is 5. The van der Waals surface area contributed by atoms with E-state index >= 15 is 0 Å². The summed E-state index contributed by atoms with van der Waals surface area (Å²) in [4.78, 5) is 24.8. The third-order valence-electron chi connectivity index (χ3n) is 3.44. The van der Waals surface area contributed by atoms with Crippen molar-refractivity contribution in [1.82, 2.24) is 19.9 Å². The normalized spacial score (nSPS) is 15.0. The second kappa shape index (κ2) is 5.63. The number of H-pyrrole nitrogens is 1. The first-order valence-electron chi connectivity index (χ1n) is 6.43. The summed E-state index contributed by atoms with van der Waals surface area (Å²) in [7, 11) is 0. The second-order valence-electron chi connectivity index (χ2n) is 4.94. The van der Waals surface area contributed by atoms with E-state index < -0.39 is 0 Å². The van der Waals surface area contributed by atoms with Gasteiger partial charge in [-0.2, -0.15) is 0 Å². The van der Waals surface area contributed by atoms with Gasteiger partial charge in [-0.25, -0.2) is 9.97 Å². The summed E-state index contributed by atoms with van der Waals surface area (Å²) in [5.41, 5.74) is 7.63. The lowest BCUT2D eigenvalue weighted by Crippen LogP contribution is -2.35. The summed E-state index contributed by atoms with van der Waals surface area (Å²) in [5.74, 6) is 0.161. The van der Waals surface area contributed by atoms with Crippen LogP contribution in [0.3, 0.4) is 0 Å². The van der Waals surface area contributed by atoms with Crippen molar-refractivity contribution in [2.75, 3.05) is 12.3 Å². The zero-order chi connectivity index (χ0) is 15.0. The van der Waals surface area contributed by atoms with Crippen molar-refractivity contribution in [2.24, 2.45) is 0 Å². The van der Waals surface area contributed by atoms with Crippen LogP contribution >= 0.6 is 23.2 Å². The van der Waals surface area contributed by atoms with Crippen LogP contribution in [0.5, 0.6) is 0 Å². The number of anilines is 1. The minimum Gasteiger partial charge on any atom is -0.369 e. The number of halogens is 2. The molecule has 3 N–H and O–H groups in total. The summed E-state index contributed by atoms with van der Waals surface area (Å²) in [6, 6.07) is 1.79. The first kappa shape index (κ1) is 14.3. The molecule has 8 heteroatoms. The Bertz CT molecular complexity index is 746. The Labute approximate surface area is 130 Å². The highest BCUT2D eigenvalue weighted by Crippen LogP contribution is 2.22. The van der Waals surface area contributed by atoms with E-state index in [9.17, 15) is 4.79 Å². The van der Waals surface area contributed by atoms with Crippen LogP contribution in [0.1, 0.15) is 16.8 Å². The van der Waals surface area contributed by atoms with Gasteiger partial charge in [0, 0.05) is 37.8 Å². The van der Waals surface area contributed by atoms with E-state index in [0.717, 1.165) is 17.8 Å². The van der Waals surface area contributed by atoms with Crippen LogP contribution in [0.2, 0.25) is 10.2 Å². The molecule has 0 radical (unpaired) electrons. The molecule has 3 rings (SSSR count). The van der Waals surface area contributed by atoms with Gasteiger partial charge in [-0.1, -0.05) is 23.2 Å². The fourth-order valence-electron chi connectivity index (χ4n) is 2.45. The van der Waals surface area contributed by atoms with Crippen LogP contribution in [0, 0.1) is 0 Å². The molecule has 0 saturated carbocycles. The summed E-state index contributed by atoms with van der Waals surface area (Å²) < 4.78 is 0. The number of rotatable bonds is 2. The van der Waals surface area contributed by atoms with Gasteiger partial charge in [0.1, 0.15) is 5.15 Å². The van der Waals surface area contributed by atoms with Gasteiger partial charge in [0.05, 0.1) is 16.3 Å². The maximum atomic E-state index is 11.9. The number of nitrogens with two attached hydrogens (primary N) is 1. The number of nitrogens with one attached hydrogen (secondary N) is 1. The number of hydrogen-bond donors (Lipinski definition) is 2. The van der Waals surface area contributed by atoms with E-state index in [4.69, 9.17) is 28.9 Å². The molecule has 3 heterocycles. The van der Waals surface area contributed by atoms with Crippen LogP contribution in [0.15, 0.2) is 17.1 Å². The highest BCUT2D eigenvalue weighted by atomic mass is 35.5. The number of pyridine rings is 1. The Morgan fingerprint density at radius 2 is 2.24 bits per heavy atom. The van der Waals surface area contributed by atoms with Crippen LogP contribution in [0.25, 0.3) is 0 Å². The standard InChI is InChI=1S/C13H13Cl2N5O/c14-8-3-7(11(15)17-4-8)5-20-2-1-10-9(6-20)12(21)19-13(16)18-10/h3-4H,1-2,5-6H2,(H3,16,18,19,21). The highest BCUT2D eigenvalue weighted by molar-refractivity contribution is 6.32. The lowest BCUT2D eigenvalue weighted by atomic mass is 10.1. The Morgan fingerprint density at radius 1 is 1.43 bits per heavy atom. The van der Waals surface area contributed by atoms with Gasteiger partial charge >= 0.3 is 0 Å². The van der Waals surface area contributed by atoms with Crippen LogP contribution in [-0.4, -0.2) is 26.4 Å². The third kappa shape index (κ3) is 3.02. The van der Waals surface area contributed by atoms with Crippen molar-refractivity contribution in [2.45, 2.75) is 19.5 Å². The van der Waals surface area contributed by atoms with Crippen molar-refractivity contribution >= 4 is 29.2 Å². The molecule has 0 spiro atoms. The number of aromatic amines is 1. The molecule has 21 heavy (non-hydrogen) atoms. The summed E-state index contributed by atoms with van der Waals surface area (Å²) >= 11 is 12.0. The minimum absolute atomic E-state index is 0.161. The summed E-state index contributed by atoms with van der Waals surface area (Å²) in [6.45, 7) is 1.85. The number of fused-ring (bicyclic) bond motifs is 1. The molecule has 0 atom stereocenters. The molecule has 2 aromatic heterocycles. The van der Waals surface area contributed by atoms with E-state index in [2.05, 4.69) is 19.9 Å². The Morgan fingerprint density at radius 3 is 3.05 bits per heavy atom. The quantitative estimate of drug-likeness (QED) is 0.819. The van der Waals surface area contributed by atoms with Crippen molar-refractivity contribution in [3.05, 3.63) is 49.6 Å². The van der Waals surface area contributed by atoms with Gasteiger partial charge in [0.15, 0.2) is 0 Å². The van der Waals surface area contributed by atoms with Gasteiger partial charge in [0.25, 0.3) is 5.56 Å². The van der Waals surface area contributed by atoms with E-state index in [1.807, 2.05) is 0 Å². The molecule has 0 aliphatic carbocycles. The monoisotopic (exact) mass is 325 g/mol. The Kier molecular flexibility index (Phi) is 3.84. The molecule has 0 amide bonds. The molecule has 1 aliphatic rings. The van der Waals surface area contributed by atoms with Gasteiger partial charge in [-0.15, -0.1) is 0 Å². The average molecular weight is 326 g/mol. The van der Waals surface area contributed by atoms with Crippen molar-refractivity contribution < 1.29 is 0 Å². The zero-order valence-corrected chi connectivity index (χ0v) is 12.6. The lowest BCUT2D eigenvalue weighted by molar-refractivity contribution is 0.241. The summed E-state index contributed by atoms with van der Waals surface area (Å²) in [5, 5.41) is 0.966. The Balaban J connectivity index is 1.83. The predicted octanol–water partition coefficient (Wildman–Crippen LogP) is 1.61. The van der Waals surface area contributed by atoms with Crippen LogP contribution in [-0.2, 0) is 19.5 Å². The van der Waals surface area contributed by atoms with Crippen molar-refractivity contribution in [1.29, 1.82) is 0 Å². The Hall–Kier alpha value is -1.63. The molecule has 0 unspecified atom stereocenters. The topological polar surface area (TPSA) is 87.9 Å². The number of nitrogen functional groups attached to an aromatic ring is 1. The molecule has 2 aromatic rings. The smallest absolute Gasteiger partial charge is 0.257 e. The number of nitrogens with zero attached hydrogens (tertiary/aromatic N) is 3. The SMILES string of the molecule is Nc1nc2c(c(=O)[nH]1)CN(Cc1cc(Cl)cnc1Cl)CC2. The molecule has 110 valence electrons. The first-order chi connectivity index (χ1) is 10.0. The molecule has 0 aromatic carbocycles. The average Bonchev–Trinajstić information content (AvgIpc) is 2.43. The molecule has 6 nitrogen and oxygen atoms in total. The fourth-order valence-corrected chi connectivity index (χ4v) is 2.80. The zero-order valence-electron chi connectivity index (χ0n) is 11.1. The van der Waals surface area contributed by atoms with E-state index in [1.54, 1.807) is 6.07 Å². The third-order valence-corrected chi connectivity index (χ3v) is 3.99. The van der Waals surface area contributed by atoms with Gasteiger partial charge in [0.2, 0.25) is 5.95 Å². The van der Waals surface area contributed by atoms with Gasteiger partial charge in [-0.05, 0) is 6.07 Å². The molecule has 0 fully saturated rings. The van der Waals surface area contributed by atoms with Gasteiger partial charge in [-0.3, -0.25) is 14.7 Å². The van der Waals surface area contributed by atoms with E-state index in [0.29, 0.717) is 35.2 Å². The maximum absolute atomic E-state index is 11.9.